The molecule has 0 aliphatic carbocycles. The number of hydrogen-bond donors (Lipinski definition) is 0. The van der Waals surface area contributed by atoms with Crippen molar-refractivity contribution in [2.24, 2.45) is 0 Å². The summed E-state index contributed by atoms with van der Waals surface area (Å²) >= 11 is 0. The number of rotatable bonds is 0. The Morgan fingerprint density at radius 2 is 0.667 bits per heavy atom. The molecule has 0 amide bonds. The minimum absolute atomic E-state index is 1.34. The summed E-state index contributed by atoms with van der Waals surface area (Å²) in [6.07, 6.45) is 3.15. The first-order chi connectivity index (χ1) is 11.9. The molecule has 5 rings (SSSR count). The molecule has 0 aliphatic rings. The van der Waals surface area contributed by atoms with Gasteiger partial charge in [0.05, 0.1) is 12.4 Å². The Morgan fingerprint density at radius 1 is 0.375 bits per heavy atom. The summed E-state index contributed by atoms with van der Waals surface area (Å²) in [7, 11) is 0. The predicted octanol–water partition coefficient (Wildman–Crippen LogP) is 5.02. The van der Waals surface area contributed by atoms with Crippen molar-refractivity contribution < 1.29 is 0 Å². The van der Waals surface area contributed by atoms with Gasteiger partial charge in [-0.3, -0.25) is 0 Å². The van der Waals surface area contributed by atoms with Crippen LogP contribution in [0.1, 0.15) is 0 Å². The van der Waals surface area contributed by atoms with E-state index in [0.717, 1.165) is 0 Å². The van der Waals surface area contributed by atoms with Crippen molar-refractivity contribution in [1.29, 1.82) is 0 Å². The molecule has 3 heteroatoms. The summed E-state index contributed by atoms with van der Waals surface area (Å²) in [5.41, 5.74) is 0. The largest absolute Gasteiger partial charge is 0.139 e. The van der Waals surface area contributed by atoms with E-state index in [0.29, 0.717) is 0 Å². The van der Waals surface area contributed by atoms with E-state index in [1.54, 1.807) is 18.5 Å². The van der Waals surface area contributed by atoms with Crippen LogP contribution in [0.5, 0.6) is 0 Å². The van der Waals surface area contributed by atoms with Gasteiger partial charge in [0, 0.05) is 0 Å². The summed E-state index contributed by atoms with van der Waals surface area (Å²) in [6.45, 7) is 0. The van der Waals surface area contributed by atoms with Crippen molar-refractivity contribution in [3.8, 4) is 0 Å². The van der Waals surface area contributed by atoms with Crippen LogP contribution in [0.2, 0.25) is 0 Å². The van der Waals surface area contributed by atoms with E-state index >= 15 is 0 Å². The summed E-state index contributed by atoms with van der Waals surface area (Å²) in [6, 6.07) is 27.7. The molecule has 0 spiro atoms. The van der Waals surface area contributed by atoms with E-state index in [9.17, 15) is 0 Å². The minimum Gasteiger partial charge on any atom is -0.139 e. The van der Waals surface area contributed by atoms with Crippen LogP contribution in [-0.4, -0.2) is 15.4 Å². The Kier molecular flexibility index (Phi) is 3.82. The molecule has 3 nitrogen and oxygen atoms in total. The Hall–Kier alpha value is -3.33. The highest BCUT2D eigenvalue weighted by Gasteiger charge is 2.06. The van der Waals surface area contributed by atoms with Crippen molar-refractivity contribution in [1.82, 2.24) is 15.4 Å². The van der Waals surface area contributed by atoms with Gasteiger partial charge >= 0.3 is 0 Å². The van der Waals surface area contributed by atoms with Crippen LogP contribution in [0, 0.1) is 0 Å². The van der Waals surface area contributed by atoms with E-state index in [1.807, 2.05) is 0 Å². The zero-order valence-electron chi connectivity index (χ0n) is 13.0. The molecular formula is C21H15N3. The van der Waals surface area contributed by atoms with E-state index in [4.69, 9.17) is 0 Å². The van der Waals surface area contributed by atoms with E-state index in [1.165, 1.54) is 32.3 Å². The zero-order valence-corrected chi connectivity index (χ0v) is 13.0. The number of benzene rings is 4. The molecule has 0 bridgehead atoms. The molecule has 0 N–H and O–H groups in total. The van der Waals surface area contributed by atoms with Crippen molar-refractivity contribution in [3.05, 3.63) is 91.3 Å². The molecule has 0 atom stereocenters. The fourth-order valence-electron chi connectivity index (χ4n) is 3.06. The van der Waals surface area contributed by atoms with E-state index in [2.05, 4.69) is 88.2 Å². The molecule has 4 aromatic carbocycles. The summed E-state index contributed by atoms with van der Waals surface area (Å²) in [5.74, 6) is 0. The van der Waals surface area contributed by atoms with Gasteiger partial charge in [-0.2, -0.15) is 0 Å². The maximum atomic E-state index is 3.42. The standard InChI is InChI=1S/C18H12.C3H3N3/c1-2-8-14-13(7-1)15-9-3-4-11-17(15)18-12-6-5-10-16(14)18;1-2-4-6-5-3-1/h1-12H;1-3H. The van der Waals surface area contributed by atoms with Crippen LogP contribution >= 0.6 is 0 Å². The second-order valence-electron chi connectivity index (χ2n) is 5.45. The molecule has 0 unspecified atom stereocenters. The third kappa shape index (κ3) is 2.57. The maximum absolute atomic E-state index is 3.42. The molecule has 1 aromatic heterocycles. The topological polar surface area (TPSA) is 38.7 Å². The third-order valence-electron chi connectivity index (χ3n) is 4.06. The molecule has 0 aliphatic heterocycles. The second-order valence-corrected chi connectivity index (χ2v) is 5.45. The Bertz CT molecular complexity index is 858. The number of hydrogen-bond acceptors (Lipinski definition) is 3. The second kappa shape index (κ2) is 6.42. The average Bonchev–Trinajstić information content (AvgIpc) is 2.70. The number of nitrogens with zero attached hydrogens (tertiary/aromatic N) is 3. The highest BCUT2D eigenvalue weighted by Crippen LogP contribution is 2.34. The normalized spacial score (nSPS) is 10.5. The molecule has 1 heterocycles. The lowest BCUT2D eigenvalue weighted by Crippen LogP contribution is -1.81. The Labute approximate surface area is 139 Å². The number of fused-ring (bicyclic) bond motifs is 6. The summed E-state index contributed by atoms with van der Waals surface area (Å²) in [4.78, 5) is 0. The van der Waals surface area contributed by atoms with Crippen molar-refractivity contribution >= 4 is 32.3 Å². The highest BCUT2D eigenvalue weighted by atomic mass is 15.3. The molecule has 0 fully saturated rings. The lowest BCUT2D eigenvalue weighted by atomic mass is 9.95. The maximum Gasteiger partial charge on any atom is 0.0529 e. The van der Waals surface area contributed by atoms with Crippen molar-refractivity contribution in [2.45, 2.75) is 0 Å². The van der Waals surface area contributed by atoms with Gasteiger partial charge in [0.1, 0.15) is 0 Å². The molecular weight excluding hydrogens is 294 g/mol. The molecule has 5 aromatic rings. The smallest absolute Gasteiger partial charge is 0.0529 e. The van der Waals surface area contributed by atoms with Crippen molar-refractivity contribution in [2.75, 3.05) is 0 Å². The lowest BCUT2D eigenvalue weighted by molar-refractivity contribution is 0.865. The average molecular weight is 309 g/mol. The summed E-state index contributed by atoms with van der Waals surface area (Å²) < 4.78 is 0. The van der Waals surface area contributed by atoms with Crippen LogP contribution in [0.4, 0.5) is 0 Å². The minimum atomic E-state index is 1.34. The number of aromatic nitrogens is 3. The monoisotopic (exact) mass is 309 g/mol. The fourth-order valence-corrected chi connectivity index (χ4v) is 3.06. The third-order valence-corrected chi connectivity index (χ3v) is 4.06. The first-order valence-electron chi connectivity index (χ1n) is 7.82. The van der Waals surface area contributed by atoms with Crippen LogP contribution in [0.15, 0.2) is 91.3 Å². The SMILES string of the molecule is c1ccc2c(c1)c1ccccc1c1ccccc21.c1cnnnc1. The van der Waals surface area contributed by atoms with Crippen LogP contribution in [-0.2, 0) is 0 Å². The quantitative estimate of drug-likeness (QED) is 0.377. The van der Waals surface area contributed by atoms with Gasteiger partial charge in [-0.05, 0) is 43.6 Å². The van der Waals surface area contributed by atoms with E-state index in [-0.39, 0.29) is 0 Å². The molecule has 0 radical (unpaired) electrons. The summed E-state index contributed by atoms with van der Waals surface area (Å²) in [5, 5.41) is 18.2. The molecule has 24 heavy (non-hydrogen) atoms. The predicted molar refractivity (Wildman–Crippen MR) is 98.8 cm³/mol. The Balaban J connectivity index is 0.000000207. The zero-order chi connectivity index (χ0) is 16.2. The van der Waals surface area contributed by atoms with Gasteiger partial charge in [0.15, 0.2) is 0 Å². The fraction of sp³-hybridized carbons (Fsp3) is 0. The van der Waals surface area contributed by atoms with Crippen LogP contribution < -0.4 is 0 Å². The Morgan fingerprint density at radius 3 is 0.833 bits per heavy atom. The van der Waals surface area contributed by atoms with Gasteiger partial charge in [0.2, 0.25) is 0 Å². The first kappa shape index (κ1) is 14.3. The van der Waals surface area contributed by atoms with E-state index < -0.39 is 0 Å². The van der Waals surface area contributed by atoms with Gasteiger partial charge in [0.25, 0.3) is 0 Å². The molecule has 0 saturated carbocycles. The first-order valence-corrected chi connectivity index (χ1v) is 7.82. The van der Waals surface area contributed by atoms with Crippen LogP contribution in [0.3, 0.4) is 0 Å². The van der Waals surface area contributed by atoms with Gasteiger partial charge in [-0.15, -0.1) is 10.2 Å². The molecule has 114 valence electrons. The van der Waals surface area contributed by atoms with Crippen LogP contribution in [0.25, 0.3) is 32.3 Å². The van der Waals surface area contributed by atoms with Crippen molar-refractivity contribution in [3.63, 3.8) is 0 Å². The van der Waals surface area contributed by atoms with Gasteiger partial charge < -0.3 is 0 Å². The lowest BCUT2D eigenvalue weighted by Gasteiger charge is -2.09. The van der Waals surface area contributed by atoms with Gasteiger partial charge in [-0.1, -0.05) is 72.8 Å². The van der Waals surface area contributed by atoms with Gasteiger partial charge in [-0.25, -0.2) is 0 Å². The molecule has 0 saturated heterocycles. The highest BCUT2D eigenvalue weighted by molar-refractivity contribution is 6.25.